The van der Waals surface area contributed by atoms with E-state index in [1.165, 1.54) is 11.8 Å². The third-order valence-electron chi connectivity index (χ3n) is 7.18. The lowest BCUT2D eigenvalue weighted by Gasteiger charge is -2.24. The van der Waals surface area contributed by atoms with Crippen LogP contribution in [0.4, 0.5) is 0 Å². The number of nitrogens with one attached hydrogen (secondary N) is 5. The van der Waals surface area contributed by atoms with Crippen molar-refractivity contribution in [1.29, 1.82) is 0 Å². The molecular formula is C29H50N8O9. The number of carboxylic acids is 1. The predicted octanol–water partition coefficient (Wildman–Crippen LogP) is -2.55. The van der Waals surface area contributed by atoms with Crippen molar-refractivity contribution in [2.24, 2.45) is 23.3 Å². The zero-order valence-electron chi connectivity index (χ0n) is 27.2. The fraction of sp³-hybridized carbons (Fsp3) is 0.724. The summed E-state index contributed by atoms with van der Waals surface area (Å²) in [7, 11) is 0. The van der Waals surface area contributed by atoms with Gasteiger partial charge in [-0.2, -0.15) is 0 Å². The van der Waals surface area contributed by atoms with E-state index in [4.69, 9.17) is 11.5 Å². The number of hydrogen-bond acceptors (Lipinski definition) is 9. The van der Waals surface area contributed by atoms with E-state index in [2.05, 4.69) is 26.6 Å². The van der Waals surface area contributed by atoms with Gasteiger partial charge in [0.2, 0.25) is 41.4 Å². The maximum absolute atomic E-state index is 13.0. The molecule has 0 bridgehead atoms. The fourth-order valence-corrected chi connectivity index (χ4v) is 4.77. The predicted molar refractivity (Wildman–Crippen MR) is 165 cm³/mol. The fourth-order valence-electron chi connectivity index (χ4n) is 4.77. The standard InChI is InChI=1S/C29H50N8O9/c1-15(2)11-19(36-26(42)18(30)8-9-22(31)38)27(43)32-13-23(39)35-20(12-16(3)4)28(44)34-17(5)25(41)33-14-24(40)37-10-6-7-21(37)29(45)46/h15-21H,6-14,30H2,1-5H3,(H2,31,38)(H,32,43)(H,33,41)(H,34,44)(H,35,39)(H,36,42)(H,45,46)/t17-,18-,19-,20-,21-/m0/s1. The summed E-state index contributed by atoms with van der Waals surface area (Å²) in [6, 6.07) is -5.16. The zero-order valence-corrected chi connectivity index (χ0v) is 27.2. The molecule has 17 nitrogen and oxygen atoms in total. The highest BCUT2D eigenvalue weighted by molar-refractivity contribution is 5.95. The zero-order chi connectivity index (χ0) is 35.1. The van der Waals surface area contributed by atoms with Gasteiger partial charge in [0.25, 0.3) is 0 Å². The van der Waals surface area contributed by atoms with Gasteiger partial charge in [0, 0.05) is 13.0 Å². The van der Waals surface area contributed by atoms with Crippen LogP contribution >= 0.6 is 0 Å². The van der Waals surface area contributed by atoms with E-state index in [1.807, 2.05) is 27.7 Å². The van der Waals surface area contributed by atoms with Gasteiger partial charge in [0.1, 0.15) is 24.2 Å². The molecular weight excluding hydrogens is 604 g/mol. The first kappa shape index (κ1) is 39.7. The normalized spacial score (nSPS) is 17.0. The average molecular weight is 655 g/mol. The van der Waals surface area contributed by atoms with E-state index in [0.29, 0.717) is 12.8 Å². The summed E-state index contributed by atoms with van der Waals surface area (Å²) in [6.07, 6.45) is 1.22. The van der Waals surface area contributed by atoms with Gasteiger partial charge in [0.15, 0.2) is 0 Å². The molecule has 1 fully saturated rings. The number of hydrogen-bond donors (Lipinski definition) is 8. The van der Waals surface area contributed by atoms with Crippen molar-refractivity contribution in [2.45, 2.75) is 103 Å². The van der Waals surface area contributed by atoms with Crippen LogP contribution in [0.25, 0.3) is 0 Å². The third kappa shape index (κ3) is 14.2. The number of aliphatic carboxylic acids is 1. The number of carbonyl (C=O) groups excluding carboxylic acids is 7. The monoisotopic (exact) mass is 654 g/mol. The molecule has 0 aliphatic carbocycles. The lowest BCUT2D eigenvalue weighted by Crippen LogP contribution is -2.56. The molecule has 1 saturated heterocycles. The van der Waals surface area contributed by atoms with Crippen molar-refractivity contribution >= 4 is 47.3 Å². The van der Waals surface area contributed by atoms with Crippen LogP contribution in [0.1, 0.15) is 73.1 Å². The minimum absolute atomic E-state index is 0.00309. The van der Waals surface area contributed by atoms with Crippen molar-refractivity contribution < 1.29 is 43.5 Å². The number of carbonyl (C=O) groups is 8. The van der Waals surface area contributed by atoms with Gasteiger partial charge in [-0.15, -0.1) is 0 Å². The minimum atomic E-state index is -1.11. The highest BCUT2D eigenvalue weighted by Crippen LogP contribution is 2.17. The average Bonchev–Trinajstić information content (AvgIpc) is 3.46. The molecule has 1 aliphatic rings. The number of nitrogens with two attached hydrogens (primary N) is 2. The van der Waals surface area contributed by atoms with Crippen molar-refractivity contribution in [1.82, 2.24) is 31.5 Å². The van der Waals surface area contributed by atoms with Crippen LogP contribution in [0, 0.1) is 11.8 Å². The lowest BCUT2D eigenvalue weighted by molar-refractivity contribution is -0.148. The summed E-state index contributed by atoms with van der Waals surface area (Å²) in [4.78, 5) is 99.6. The van der Waals surface area contributed by atoms with Crippen LogP contribution < -0.4 is 38.1 Å². The minimum Gasteiger partial charge on any atom is -0.480 e. The summed E-state index contributed by atoms with van der Waals surface area (Å²) in [5, 5.41) is 21.7. The summed E-state index contributed by atoms with van der Waals surface area (Å²) in [5.41, 5.74) is 10.9. The third-order valence-corrected chi connectivity index (χ3v) is 7.18. The highest BCUT2D eigenvalue weighted by Gasteiger charge is 2.34. The van der Waals surface area contributed by atoms with Crippen molar-refractivity contribution in [3.05, 3.63) is 0 Å². The molecule has 7 amide bonds. The van der Waals surface area contributed by atoms with Gasteiger partial charge >= 0.3 is 5.97 Å². The van der Waals surface area contributed by atoms with E-state index in [1.54, 1.807) is 0 Å². The molecule has 10 N–H and O–H groups in total. The lowest BCUT2D eigenvalue weighted by atomic mass is 10.0. The Kier molecular flexibility index (Phi) is 16.7. The Morgan fingerprint density at radius 3 is 1.89 bits per heavy atom. The van der Waals surface area contributed by atoms with Gasteiger partial charge in [0.05, 0.1) is 19.1 Å². The largest absolute Gasteiger partial charge is 0.480 e. The number of primary amides is 1. The Morgan fingerprint density at radius 2 is 1.35 bits per heavy atom. The van der Waals surface area contributed by atoms with Gasteiger partial charge in [-0.1, -0.05) is 27.7 Å². The van der Waals surface area contributed by atoms with Crippen LogP contribution in [0.15, 0.2) is 0 Å². The summed E-state index contributed by atoms with van der Waals surface area (Å²) < 4.78 is 0. The first-order chi connectivity index (χ1) is 21.4. The maximum atomic E-state index is 13.0. The van der Waals surface area contributed by atoms with Gasteiger partial charge in [-0.25, -0.2) is 4.79 Å². The Bertz CT molecular complexity index is 1130. The van der Waals surface area contributed by atoms with Crippen LogP contribution in [0.5, 0.6) is 0 Å². The SMILES string of the molecule is CC(C)C[C@H](NC(=O)CNC(=O)[C@H](CC(C)C)NC(=O)[C@@H](N)CCC(N)=O)C(=O)N[C@@H](C)C(=O)NCC(=O)N1CCC[C@H]1C(=O)O. The summed E-state index contributed by atoms with van der Waals surface area (Å²) in [5.74, 6) is -5.66. The molecule has 260 valence electrons. The Hall–Kier alpha value is -4.28. The van der Waals surface area contributed by atoms with Gasteiger partial charge in [-0.3, -0.25) is 33.6 Å². The number of carboxylic acid groups (broad SMARTS) is 1. The molecule has 0 aromatic heterocycles. The first-order valence-electron chi connectivity index (χ1n) is 15.4. The van der Waals surface area contributed by atoms with Crippen molar-refractivity contribution in [3.8, 4) is 0 Å². The molecule has 1 heterocycles. The molecule has 0 unspecified atom stereocenters. The van der Waals surface area contributed by atoms with Crippen LogP contribution in [-0.4, -0.2) is 107 Å². The molecule has 17 heteroatoms. The Morgan fingerprint density at radius 1 is 0.783 bits per heavy atom. The molecule has 46 heavy (non-hydrogen) atoms. The van der Waals surface area contributed by atoms with Gasteiger partial charge < -0.3 is 48.1 Å². The number of rotatable bonds is 19. The highest BCUT2D eigenvalue weighted by atomic mass is 16.4. The molecule has 0 spiro atoms. The van der Waals surface area contributed by atoms with E-state index in [9.17, 15) is 43.5 Å². The molecule has 1 rings (SSSR count). The molecule has 5 atom stereocenters. The van der Waals surface area contributed by atoms with Crippen molar-refractivity contribution in [3.63, 3.8) is 0 Å². The summed E-state index contributed by atoms with van der Waals surface area (Å²) >= 11 is 0. The molecule has 0 aromatic rings. The molecule has 0 aromatic carbocycles. The van der Waals surface area contributed by atoms with Crippen LogP contribution in [-0.2, 0) is 38.4 Å². The summed E-state index contributed by atoms with van der Waals surface area (Å²) in [6.45, 7) is 8.04. The quantitative estimate of drug-likeness (QED) is 0.0722. The number of nitrogens with zero attached hydrogens (tertiary/aromatic N) is 1. The number of likely N-dealkylation sites (tertiary alicyclic amines) is 1. The maximum Gasteiger partial charge on any atom is 0.326 e. The second-order valence-corrected chi connectivity index (χ2v) is 12.3. The van der Waals surface area contributed by atoms with Crippen molar-refractivity contribution in [2.75, 3.05) is 19.6 Å². The second kappa shape index (κ2) is 19.3. The molecule has 0 saturated carbocycles. The van der Waals surface area contributed by atoms with E-state index < -0.39 is 90.6 Å². The topological polar surface area (TPSA) is 272 Å². The number of amides is 7. The van der Waals surface area contributed by atoms with E-state index in [0.717, 1.165) is 0 Å². The Balaban J connectivity index is 2.72. The van der Waals surface area contributed by atoms with Crippen LogP contribution in [0.3, 0.4) is 0 Å². The Labute approximate surface area is 268 Å². The van der Waals surface area contributed by atoms with Crippen LogP contribution in [0.2, 0.25) is 0 Å². The smallest absolute Gasteiger partial charge is 0.326 e. The van der Waals surface area contributed by atoms with E-state index in [-0.39, 0.29) is 44.1 Å². The first-order valence-corrected chi connectivity index (χ1v) is 15.4. The molecule has 0 radical (unpaired) electrons. The van der Waals surface area contributed by atoms with Gasteiger partial charge in [-0.05, 0) is 50.9 Å². The molecule has 1 aliphatic heterocycles. The van der Waals surface area contributed by atoms with E-state index >= 15 is 0 Å². The second-order valence-electron chi connectivity index (χ2n) is 12.3.